The Bertz CT molecular complexity index is 1070. The maximum atomic E-state index is 12.2. The number of pyridine rings is 1. The van der Waals surface area contributed by atoms with E-state index in [2.05, 4.69) is 20.2 Å². The lowest BCUT2D eigenvalue weighted by atomic mass is 10.1. The van der Waals surface area contributed by atoms with Crippen molar-refractivity contribution < 1.29 is 9.15 Å². The van der Waals surface area contributed by atoms with Crippen molar-refractivity contribution in [3.05, 3.63) is 59.2 Å². The molecule has 0 spiro atoms. The van der Waals surface area contributed by atoms with Crippen molar-refractivity contribution >= 4 is 11.0 Å². The standard InChI is InChI=1S/C17H12N4O3/c1-23-12-2-3-14-11(8-12)9-13(17(22)24-14)16-19-15(20-21-16)10-4-6-18-7-5-10/h2-9H,1H3,(H,19,20,21). The van der Waals surface area contributed by atoms with Crippen LogP contribution in [0.1, 0.15) is 0 Å². The quantitative estimate of drug-likeness (QED) is 0.583. The van der Waals surface area contributed by atoms with Gasteiger partial charge in [-0.25, -0.2) is 9.78 Å². The molecule has 0 atom stereocenters. The van der Waals surface area contributed by atoms with Gasteiger partial charge in [0.05, 0.1) is 7.11 Å². The van der Waals surface area contributed by atoms with Crippen molar-refractivity contribution in [2.24, 2.45) is 0 Å². The van der Waals surface area contributed by atoms with Gasteiger partial charge in [0, 0.05) is 23.3 Å². The monoisotopic (exact) mass is 320 g/mol. The number of ether oxygens (including phenoxy) is 1. The summed E-state index contributed by atoms with van der Waals surface area (Å²) in [5.41, 5.74) is 1.12. The zero-order chi connectivity index (χ0) is 16.5. The highest BCUT2D eigenvalue weighted by atomic mass is 16.5. The minimum atomic E-state index is -0.481. The van der Waals surface area contributed by atoms with Gasteiger partial charge in [-0.15, -0.1) is 0 Å². The topological polar surface area (TPSA) is 93.9 Å². The fourth-order valence-corrected chi connectivity index (χ4v) is 2.41. The minimum Gasteiger partial charge on any atom is -0.497 e. The molecule has 7 nitrogen and oxygen atoms in total. The summed E-state index contributed by atoms with van der Waals surface area (Å²) in [7, 11) is 1.58. The maximum absolute atomic E-state index is 12.2. The molecule has 0 aliphatic heterocycles. The molecule has 1 aromatic carbocycles. The lowest BCUT2D eigenvalue weighted by Gasteiger charge is -2.02. The number of nitrogens with zero attached hydrogens (tertiary/aromatic N) is 3. The van der Waals surface area contributed by atoms with Gasteiger partial charge in [-0.2, -0.15) is 5.10 Å². The molecule has 0 aliphatic rings. The number of hydrogen-bond donors (Lipinski definition) is 1. The first-order valence-corrected chi connectivity index (χ1v) is 7.19. The summed E-state index contributed by atoms with van der Waals surface area (Å²) in [5.74, 6) is 1.51. The van der Waals surface area contributed by atoms with Gasteiger partial charge < -0.3 is 9.15 Å². The molecule has 0 aliphatic carbocycles. The Morgan fingerprint density at radius 1 is 1.12 bits per heavy atom. The first kappa shape index (κ1) is 14.1. The number of methoxy groups -OCH3 is 1. The Morgan fingerprint density at radius 2 is 1.96 bits per heavy atom. The molecule has 118 valence electrons. The van der Waals surface area contributed by atoms with Crippen molar-refractivity contribution in [1.82, 2.24) is 20.2 Å². The molecule has 0 amide bonds. The summed E-state index contributed by atoms with van der Waals surface area (Å²) in [6.45, 7) is 0. The number of H-pyrrole nitrogens is 1. The van der Waals surface area contributed by atoms with E-state index in [1.165, 1.54) is 0 Å². The van der Waals surface area contributed by atoms with E-state index in [4.69, 9.17) is 9.15 Å². The summed E-state index contributed by atoms with van der Waals surface area (Å²) < 4.78 is 10.6. The van der Waals surface area contributed by atoms with Crippen LogP contribution in [0.4, 0.5) is 0 Å². The molecule has 0 bridgehead atoms. The van der Waals surface area contributed by atoms with Crippen molar-refractivity contribution in [3.8, 4) is 28.5 Å². The second kappa shape index (κ2) is 5.62. The number of fused-ring (bicyclic) bond motifs is 1. The Kier molecular flexibility index (Phi) is 3.31. The van der Waals surface area contributed by atoms with Crippen molar-refractivity contribution in [1.29, 1.82) is 0 Å². The van der Waals surface area contributed by atoms with E-state index in [0.717, 1.165) is 10.9 Å². The van der Waals surface area contributed by atoms with E-state index in [1.54, 1.807) is 55.9 Å². The van der Waals surface area contributed by atoms with Crippen molar-refractivity contribution in [2.75, 3.05) is 7.11 Å². The van der Waals surface area contributed by atoms with Crippen LogP contribution in [-0.2, 0) is 0 Å². The Balaban J connectivity index is 1.83. The van der Waals surface area contributed by atoms with Crippen LogP contribution in [0.3, 0.4) is 0 Å². The summed E-state index contributed by atoms with van der Waals surface area (Å²) in [5, 5.41) is 7.67. The minimum absolute atomic E-state index is 0.309. The largest absolute Gasteiger partial charge is 0.497 e. The average Bonchev–Trinajstić information content (AvgIpc) is 3.11. The van der Waals surface area contributed by atoms with Gasteiger partial charge >= 0.3 is 5.63 Å². The van der Waals surface area contributed by atoms with Crippen LogP contribution in [0.2, 0.25) is 0 Å². The first-order valence-electron chi connectivity index (χ1n) is 7.19. The summed E-state index contributed by atoms with van der Waals surface area (Å²) in [6, 6.07) is 10.5. The number of rotatable bonds is 3. The molecule has 24 heavy (non-hydrogen) atoms. The van der Waals surface area contributed by atoms with Crippen molar-refractivity contribution in [3.63, 3.8) is 0 Å². The normalized spacial score (nSPS) is 10.9. The second-order valence-corrected chi connectivity index (χ2v) is 5.09. The van der Waals surface area contributed by atoms with Crippen LogP contribution in [0, 0.1) is 0 Å². The third kappa shape index (κ3) is 2.41. The molecular weight excluding hydrogens is 308 g/mol. The summed E-state index contributed by atoms with van der Waals surface area (Å²) >= 11 is 0. The molecule has 0 saturated carbocycles. The molecular formula is C17H12N4O3. The van der Waals surface area contributed by atoms with Gasteiger partial charge in [-0.3, -0.25) is 10.1 Å². The van der Waals surface area contributed by atoms with E-state index < -0.39 is 5.63 Å². The highest BCUT2D eigenvalue weighted by Crippen LogP contribution is 2.24. The molecule has 0 saturated heterocycles. The zero-order valence-corrected chi connectivity index (χ0v) is 12.7. The third-order valence-corrected chi connectivity index (χ3v) is 3.62. The number of aromatic nitrogens is 4. The number of aromatic amines is 1. The SMILES string of the molecule is COc1ccc2oc(=O)c(-c3nc(-c4ccncc4)n[nH]3)cc2c1. The zero-order valence-electron chi connectivity index (χ0n) is 12.7. The van der Waals surface area contributed by atoms with E-state index in [9.17, 15) is 4.79 Å². The van der Waals surface area contributed by atoms with Crippen LogP contribution in [-0.4, -0.2) is 27.3 Å². The molecule has 3 aromatic heterocycles. The van der Waals surface area contributed by atoms with Crippen molar-refractivity contribution in [2.45, 2.75) is 0 Å². The third-order valence-electron chi connectivity index (χ3n) is 3.62. The number of hydrogen-bond acceptors (Lipinski definition) is 6. The molecule has 4 aromatic rings. The van der Waals surface area contributed by atoms with Gasteiger partial charge in [-0.05, 0) is 36.4 Å². The van der Waals surface area contributed by atoms with Gasteiger partial charge in [0.1, 0.15) is 16.9 Å². The highest BCUT2D eigenvalue weighted by Gasteiger charge is 2.13. The fourth-order valence-electron chi connectivity index (χ4n) is 2.41. The molecule has 0 unspecified atom stereocenters. The van der Waals surface area contributed by atoms with E-state index in [-0.39, 0.29) is 0 Å². The Morgan fingerprint density at radius 3 is 2.75 bits per heavy atom. The Hall–Kier alpha value is -3.48. The predicted octanol–water partition coefficient (Wildman–Crippen LogP) is 2.65. The van der Waals surface area contributed by atoms with Gasteiger partial charge in [-0.1, -0.05) is 0 Å². The first-order chi connectivity index (χ1) is 11.7. The molecule has 0 fully saturated rings. The predicted molar refractivity (Wildman–Crippen MR) is 87.6 cm³/mol. The van der Waals surface area contributed by atoms with E-state index in [1.807, 2.05) is 0 Å². The highest BCUT2D eigenvalue weighted by molar-refractivity contribution is 5.82. The maximum Gasteiger partial charge on any atom is 0.347 e. The second-order valence-electron chi connectivity index (χ2n) is 5.09. The summed E-state index contributed by atoms with van der Waals surface area (Å²) in [6.07, 6.45) is 3.31. The number of benzene rings is 1. The fraction of sp³-hybridized carbons (Fsp3) is 0.0588. The Labute approximate surface area is 136 Å². The molecule has 0 radical (unpaired) electrons. The van der Waals surface area contributed by atoms with Crippen LogP contribution in [0.15, 0.2) is 58.0 Å². The van der Waals surface area contributed by atoms with E-state index in [0.29, 0.717) is 28.5 Å². The molecule has 7 heteroatoms. The van der Waals surface area contributed by atoms with Crippen LogP contribution < -0.4 is 10.4 Å². The molecule has 4 rings (SSSR count). The lowest BCUT2D eigenvalue weighted by molar-refractivity contribution is 0.415. The van der Waals surface area contributed by atoms with Gasteiger partial charge in [0.2, 0.25) is 0 Å². The molecule has 3 heterocycles. The lowest BCUT2D eigenvalue weighted by Crippen LogP contribution is -2.03. The van der Waals surface area contributed by atoms with Crippen LogP contribution >= 0.6 is 0 Å². The van der Waals surface area contributed by atoms with Gasteiger partial charge in [0.15, 0.2) is 11.6 Å². The van der Waals surface area contributed by atoms with E-state index >= 15 is 0 Å². The summed E-state index contributed by atoms with van der Waals surface area (Å²) in [4.78, 5) is 20.6. The molecule has 1 N–H and O–H groups in total. The smallest absolute Gasteiger partial charge is 0.347 e. The van der Waals surface area contributed by atoms with Crippen LogP contribution in [0.5, 0.6) is 5.75 Å². The number of nitrogens with one attached hydrogen (secondary N) is 1. The van der Waals surface area contributed by atoms with Gasteiger partial charge in [0.25, 0.3) is 0 Å². The van der Waals surface area contributed by atoms with Crippen LogP contribution in [0.25, 0.3) is 33.7 Å². The average molecular weight is 320 g/mol.